The summed E-state index contributed by atoms with van der Waals surface area (Å²) in [7, 11) is 1.61. The zero-order chi connectivity index (χ0) is 22.1. The molecule has 0 aliphatic carbocycles. The number of hydrazine groups is 1. The Balaban J connectivity index is 1.83. The van der Waals surface area contributed by atoms with Crippen molar-refractivity contribution in [3.63, 3.8) is 0 Å². The number of methoxy groups -OCH3 is 1. The first-order valence-electron chi connectivity index (χ1n) is 9.75. The van der Waals surface area contributed by atoms with Gasteiger partial charge in [0, 0.05) is 6.20 Å². The molecular formula is C23H29FN4O2. The molecule has 2 atom stereocenters. The van der Waals surface area contributed by atoms with Crippen LogP contribution in [0.2, 0.25) is 0 Å². The van der Waals surface area contributed by atoms with Gasteiger partial charge in [0.25, 0.3) is 0 Å². The SMILES string of the molecule is COc1ccc(C(C)(O)CN2C=C(C)C(N(N)c3ccc(F)cc3)=C(N)C2C)cc1. The van der Waals surface area contributed by atoms with E-state index in [1.807, 2.05) is 49.2 Å². The lowest BCUT2D eigenvalue weighted by Crippen LogP contribution is -2.47. The molecule has 1 heterocycles. The first kappa shape index (κ1) is 21.7. The summed E-state index contributed by atoms with van der Waals surface area (Å²) >= 11 is 0. The molecule has 0 amide bonds. The molecule has 1 aliphatic rings. The Labute approximate surface area is 176 Å². The molecule has 1 aliphatic heterocycles. The summed E-state index contributed by atoms with van der Waals surface area (Å²) in [4.78, 5) is 2.00. The van der Waals surface area contributed by atoms with Crippen molar-refractivity contribution in [3.8, 4) is 5.75 Å². The number of hydrogen-bond donors (Lipinski definition) is 3. The number of benzene rings is 2. The third kappa shape index (κ3) is 4.27. The average molecular weight is 413 g/mol. The van der Waals surface area contributed by atoms with E-state index in [4.69, 9.17) is 16.3 Å². The monoisotopic (exact) mass is 412 g/mol. The van der Waals surface area contributed by atoms with Gasteiger partial charge in [-0.15, -0.1) is 0 Å². The molecule has 3 rings (SSSR count). The Bertz CT molecular complexity index is 952. The molecule has 0 saturated carbocycles. The summed E-state index contributed by atoms with van der Waals surface area (Å²) in [5.74, 6) is 6.71. The molecule has 0 fully saturated rings. The summed E-state index contributed by atoms with van der Waals surface area (Å²) in [5, 5.41) is 12.6. The van der Waals surface area contributed by atoms with Crippen LogP contribution in [0.5, 0.6) is 5.75 Å². The van der Waals surface area contributed by atoms with E-state index in [1.165, 1.54) is 17.1 Å². The van der Waals surface area contributed by atoms with E-state index in [9.17, 15) is 9.50 Å². The molecule has 0 spiro atoms. The molecule has 6 nitrogen and oxygen atoms in total. The Morgan fingerprint density at radius 3 is 2.33 bits per heavy atom. The average Bonchev–Trinajstić information content (AvgIpc) is 2.72. The van der Waals surface area contributed by atoms with Crippen LogP contribution in [0, 0.1) is 5.82 Å². The van der Waals surface area contributed by atoms with Gasteiger partial charge in [0.1, 0.15) is 17.2 Å². The van der Waals surface area contributed by atoms with Crippen LogP contribution < -0.4 is 21.3 Å². The van der Waals surface area contributed by atoms with Crippen molar-refractivity contribution in [3.05, 3.63) is 83.1 Å². The number of nitrogens with two attached hydrogens (primary N) is 2. The third-order valence-corrected chi connectivity index (χ3v) is 5.50. The number of allylic oxidation sites excluding steroid dienone is 1. The van der Waals surface area contributed by atoms with Crippen LogP contribution in [0.25, 0.3) is 0 Å². The summed E-state index contributed by atoms with van der Waals surface area (Å²) in [6.45, 7) is 5.98. The van der Waals surface area contributed by atoms with Crippen molar-refractivity contribution in [2.24, 2.45) is 11.6 Å². The molecule has 0 saturated heterocycles. The van der Waals surface area contributed by atoms with E-state index >= 15 is 0 Å². The van der Waals surface area contributed by atoms with Gasteiger partial charge in [-0.1, -0.05) is 12.1 Å². The fourth-order valence-corrected chi connectivity index (χ4v) is 3.67. The molecule has 2 aromatic rings. The zero-order valence-electron chi connectivity index (χ0n) is 17.8. The number of rotatable bonds is 6. The first-order valence-corrected chi connectivity index (χ1v) is 9.75. The van der Waals surface area contributed by atoms with Gasteiger partial charge in [-0.3, -0.25) is 5.01 Å². The second-order valence-electron chi connectivity index (χ2n) is 7.81. The number of β-amino-alcohol motifs (C(OH)–C–C–N with tert-alkyl or cyclic N) is 1. The topological polar surface area (TPSA) is 88.0 Å². The van der Waals surface area contributed by atoms with Gasteiger partial charge in [-0.25, -0.2) is 10.2 Å². The molecule has 7 heteroatoms. The first-order chi connectivity index (χ1) is 14.1. The van der Waals surface area contributed by atoms with Crippen molar-refractivity contribution in [1.29, 1.82) is 0 Å². The van der Waals surface area contributed by atoms with E-state index in [0.717, 1.165) is 16.9 Å². The molecule has 30 heavy (non-hydrogen) atoms. The van der Waals surface area contributed by atoms with Gasteiger partial charge in [0.15, 0.2) is 0 Å². The maximum absolute atomic E-state index is 13.3. The van der Waals surface area contributed by atoms with Crippen molar-refractivity contribution in [1.82, 2.24) is 4.90 Å². The van der Waals surface area contributed by atoms with Crippen LogP contribution in [0.1, 0.15) is 26.3 Å². The van der Waals surface area contributed by atoms with Gasteiger partial charge in [0.2, 0.25) is 0 Å². The van der Waals surface area contributed by atoms with E-state index in [1.54, 1.807) is 26.2 Å². The Morgan fingerprint density at radius 2 is 1.77 bits per heavy atom. The minimum Gasteiger partial charge on any atom is -0.497 e. The molecule has 2 aromatic carbocycles. The van der Waals surface area contributed by atoms with E-state index in [2.05, 4.69) is 0 Å². The van der Waals surface area contributed by atoms with Crippen molar-refractivity contribution < 1.29 is 14.2 Å². The van der Waals surface area contributed by atoms with E-state index in [0.29, 0.717) is 23.6 Å². The Hall–Kier alpha value is -3.03. The minimum absolute atomic E-state index is 0.195. The number of hydrogen-bond acceptors (Lipinski definition) is 6. The van der Waals surface area contributed by atoms with E-state index < -0.39 is 5.60 Å². The third-order valence-electron chi connectivity index (χ3n) is 5.50. The summed E-state index contributed by atoms with van der Waals surface area (Å²) < 4.78 is 18.4. The molecular weight excluding hydrogens is 383 g/mol. The number of aliphatic hydroxyl groups is 1. The van der Waals surface area contributed by atoms with Gasteiger partial charge < -0.3 is 20.5 Å². The van der Waals surface area contributed by atoms with Gasteiger partial charge >= 0.3 is 0 Å². The van der Waals surface area contributed by atoms with Crippen LogP contribution in [0.15, 0.2) is 71.7 Å². The lowest BCUT2D eigenvalue weighted by Gasteiger charge is -2.40. The highest BCUT2D eigenvalue weighted by atomic mass is 19.1. The molecule has 2 unspecified atom stereocenters. The normalized spacial score (nSPS) is 18.7. The summed E-state index contributed by atoms with van der Waals surface area (Å²) in [6, 6.07) is 13.1. The second-order valence-corrected chi connectivity index (χ2v) is 7.81. The number of nitrogens with zero attached hydrogens (tertiary/aromatic N) is 2. The number of ether oxygens (including phenoxy) is 1. The predicted molar refractivity (Wildman–Crippen MR) is 117 cm³/mol. The van der Waals surface area contributed by atoms with Crippen LogP contribution in [0.4, 0.5) is 10.1 Å². The van der Waals surface area contributed by atoms with Crippen molar-refractivity contribution in [2.75, 3.05) is 18.7 Å². The van der Waals surface area contributed by atoms with Crippen molar-refractivity contribution in [2.45, 2.75) is 32.4 Å². The Kier molecular flexibility index (Phi) is 6.05. The fraction of sp³-hybridized carbons (Fsp3) is 0.304. The second kappa shape index (κ2) is 8.38. The maximum Gasteiger partial charge on any atom is 0.123 e. The zero-order valence-corrected chi connectivity index (χ0v) is 17.8. The largest absolute Gasteiger partial charge is 0.497 e. The van der Waals surface area contributed by atoms with Gasteiger partial charge in [0.05, 0.1) is 36.8 Å². The van der Waals surface area contributed by atoms with Crippen LogP contribution >= 0.6 is 0 Å². The van der Waals surface area contributed by atoms with Crippen molar-refractivity contribution >= 4 is 5.69 Å². The highest BCUT2D eigenvalue weighted by molar-refractivity contribution is 5.57. The van der Waals surface area contributed by atoms with Crippen LogP contribution in [0.3, 0.4) is 0 Å². The highest BCUT2D eigenvalue weighted by Crippen LogP contribution is 2.32. The molecule has 5 N–H and O–H groups in total. The summed E-state index contributed by atoms with van der Waals surface area (Å²) in [6.07, 6.45) is 1.94. The number of halogens is 1. The Morgan fingerprint density at radius 1 is 1.17 bits per heavy atom. The fourth-order valence-electron chi connectivity index (χ4n) is 3.67. The van der Waals surface area contributed by atoms with Crippen LogP contribution in [-0.4, -0.2) is 29.7 Å². The molecule has 0 bridgehead atoms. The molecule has 0 radical (unpaired) electrons. The van der Waals surface area contributed by atoms with Gasteiger partial charge in [-0.05, 0) is 68.3 Å². The van der Waals surface area contributed by atoms with E-state index in [-0.39, 0.29) is 11.9 Å². The minimum atomic E-state index is -1.10. The lowest BCUT2D eigenvalue weighted by molar-refractivity contribution is 0.0226. The number of anilines is 1. The molecule has 160 valence electrons. The highest BCUT2D eigenvalue weighted by Gasteiger charge is 2.32. The predicted octanol–water partition coefficient (Wildman–Crippen LogP) is 3.20. The van der Waals surface area contributed by atoms with Gasteiger partial charge in [-0.2, -0.15) is 0 Å². The standard InChI is InChI=1S/C23H29FN4O2/c1-15-13-27(14-23(3,29)17-5-11-20(30-4)12-6-17)16(2)21(25)22(15)28(26)19-9-7-18(24)8-10-19/h5-13,16,29H,14,25-26H2,1-4H3. The maximum atomic E-state index is 13.3. The summed E-state index contributed by atoms with van der Waals surface area (Å²) in [5.41, 5.74) is 8.88. The quantitative estimate of drug-likeness (QED) is 0.499. The smallest absolute Gasteiger partial charge is 0.123 e. The lowest BCUT2D eigenvalue weighted by atomic mass is 9.93. The molecule has 0 aromatic heterocycles. The van der Waals surface area contributed by atoms with Crippen LogP contribution in [-0.2, 0) is 5.60 Å².